The minimum absolute atomic E-state index is 0.00433. The normalized spacial score (nSPS) is 23.4. The van der Waals surface area contributed by atoms with Crippen LogP contribution in [0.2, 0.25) is 5.02 Å². The third-order valence-corrected chi connectivity index (χ3v) is 7.86. The first-order chi connectivity index (χ1) is 13.2. The smallest absolute Gasteiger partial charge is 0.314 e. The molecule has 28 heavy (non-hydrogen) atoms. The van der Waals surface area contributed by atoms with Crippen LogP contribution in [0.25, 0.3) is 0 Å². The Hall–Kier alpha value is -2.05. The van der Waals surface area contributed by atoms with E-state index in [1.807, 2.05) is 45.0 Å². The highest BCUT2D eigenvalue weighted by atomic mass is 35.5. The van der Waals surface area contributed by atoms with Gasteiger partial charge in [-0.15, -0.1) is 0 Å². The highest BCUT2D eigenvalue weighted by Crippen LogP contribution is 2.37. The summed E-state index contributed by atoms with van der Waals surface area (Å²) in [5, 5.41) is 0.565. The molecule has 4 rings (SSSR count). The Balaban J connectivity index is 1.74. The Morgan fingerprint density at radius 1 is 1.00 bits per heavy atom. The van der Waals surface area contributed by atoms with Crippen LogP contribution >= 0.6 is 11.6 Å². The van der Waals surface area contributed by atoms with E-state index in [1.165, 1.54) is 0 Å². The van der Waals surface area contributed by atoms with Crippen molar-refractivity contribution in [2.45, 2.75) is 39.4 Å². The van der Waals surface area contributed by atoms with Gasteiger partial charge >= 0.3 is 6.03 Å². The maximum atomic E-state index is 13.3. The molecule has 0 N–H and O–H groups in total. The number of urea groups is 1. The number of halogens is 1. The predicted molar refractivity (Wildman–Crippen MR) is 112 cm³/mol. The topological polar surface area (TPSA) is 57.7 Å². The fraction of sp³-hybridized carbons (Fsp3) is 0.381. The molecule has 2 unspecified atom stereocenters. The van der Waals surface area contributed by atoms with Crippen molar-refractivity contribution >= 4 is 33.2 Å². The highest BCUT2D eigenvalue weighted by Gasteiger charge is 2.53. The zero-order valence-corrected chi connectivity index (χ0v) is 17.7. The fourth-order valence-corrected chi connectivity index (χ4v) is 6.27. The highest BCUT2D eigenvalue weighted by molar-refractivity contribution is 7.91. The van der Waals surface area contributed by atoms with Crippen LogP contribution in [0.5, 0.6) is 0 Å². The number of amides is 2. The van der Waals surface area contributed by atoms with Gasteiger partial charge in [-0.3, -0.25) is 4.90 Å². The summed E-state index contributed by atoms with van der Waals surface area (Å²) in [5.41, 5.74) is 4.81. The maximum Gasteiger partial charge on any atom is 0.325 e. The van der Waals surface area contributed by atoms with E-state index < -0.39 is 9.84 Å². The first-order valence-electron chi connectivity index (χ1n) is 9.29. The van der Waals surface area contributed by atoms with E-state index in [0.29, 0.717) is 17.3 Å². The number of rotatable bonds is 3. The molecule has 2 aliphatic rings. The summed E-state index contributed by atoms with van der Waals surface area (Å²) >= 11 is 6.27. The molecule has 0 aromatic heterocycles. The van der Waals surface area contributed by atoms with Gasteiger partial charge in [0, 0.05) is 17.3 Å². The van der Waals surface area contributed by atoms with Crippen molar-refractivity contribution in [2.75, 3.05) is 16.4 Å². The lowest BCUT2D eigenvalue weighted by Crippen LogP contribution is -2.37. The second-order valence-corrected chi connectivity index (χ2v) is 10.4. The standard InChI is InChI=1S/C21H23ClN2O3S/c1-13-4-5-14(2)16(8-13)10-23-19-11-28(26,27)12-20(19)24(21(23)25)17-7-6-15(3)18(22)9-17/h4-9,19-20H,10-12H2,1-3H3. The molecule has 2 fully saturated rings. The van der Waals surface area contributed by atoms with Gasteiger partial charge in [0.05, 0.1) is 23.6 Å². The summed E-state index contributed by atoms with van der Waals surface area (Å²) in [7, 11) is -3.20. The molecule has 2 atom stereocenters. The molecular weight excluding hydrogens is 396 g/mol. The average Bonchev–Trinajstić information content (AvgIpc) is 3.04. The lowest BCUT2D eigenvalue weighted by Gasteiger charge is -2.23. The van der Waals surface area contributed by atoms with Gasteiger partial charge in [0.15, 0.2) is 9.84 Å². The largest absolute Gasteiger partial charge is 0.325 e. The zero-order chi connectivity index (χ0) is 20.2. The van der Waals surface area contributed by atoms with E-state index in [1.54, 1.807) is 15.9 Å². The SMILES string of the molecule is Cc1ccc(C)c(CN2C(=O)N(c3ccc(C)c(Cl)c3)C3CS(=O)(=O)CC32)c1. The number of anilines is 1. The minimum atomic E-state index is -3.20. The minimum Gasteiger partial charge on any atom is -0.314 e. The van der Waals surface area contributed by atoms with Crippen molar-refractivity contribution in [3.05, 3.63) is 63.7 Å². The number of aryl methyl sites for hydroxylation is 3. The molecule has 2 aromatic rings. The molecule has 148 valence electrons. The number of nitrogens with zero attached hydrogens (tertiary/aromatic N) is 2. The molecule has 2 amide bonds. The van der Waals surface area contributed by atoms with Crippen molar-refractivity contribution in [1.29, 1.82) is 0 Å². The third-order valence-electron chi connectivity index (χ3n) is 5.76. The molecule has 0 radical (unpaired) electrons. The van der Waals surface area contributed by atoms with Crippen molar-refractivity contribution in [3.8, 4) is 0 Å². The van der Waals surface area contributed by atoms with Gasteiger partial charge in [-0.1, -0.05) is 41.4 Å². The van der Waals surface area contributed by atoms with E-state index >= 15 is 0 Å². The van der Waals surface area contributed by atoms with Gasteiger partial charge in [-0.25, -0.2) is 13.2 Å². The van der Waals surface area contributed by atoms with Crippen LogP contribution in [0.3, 0.4) is 0 Å². The summed E-state index contributed by atoms with van der Waals surface area (Å²) in [5.74, 6) is -0.0113. The molecule has 7 heteroatoms. The van der Waals surface area contributed by atoms with Crippen molar-refractivity contribution < 1.29 is 13.2 Å². The molecule has 2 aliphatic heterocycles. The molecule has 0 bridgehead atoms. The maximum absolute atomic E-state index is 13.3. The van der Waals surface area contributed by atoms with Gasteiger partial charge < -0.3 is 4.90 Å². The lowest BCUT2D eigenvalue weighted by molar-refractivity contribution is 0.205. The molecule has 0 aliphatic carbocycles. The summed E-state index contributed by atoms with van der Waals surface area (Å²) < 4.78 is 24.8. The zero-order valence-electron chi connectivity index (χ0n) is 16.1. The second kappa shape index (κ2) is 6.78. The van der Waals surface area contributed by atoms with E-state index in [2.05, 4.69) is 6.07 Å². The molecule has 5 nitrogen and oxygen atoms in total. The van der Waals surface area contributed by atoms with Crippen LogP contribution in [0.4, 0.5) is 10.5 Å². The Morgan fingerprint density at radius 2 is 1.68 bits per heavy atom. The first kappa shape index (κ1) is 19.3. The van der Waals surface area contributed by atoms with Crippen LogP contribution in [0.15, 0.2) is 36.4 Å². The van der Waals surface area contributed by atoms with Gasteiger partial charge in [-0.2, -0.15) is 0 Å². The monoisotopic (exact) mass is 418 g/mol. The number of carbonyl (C=O) groups excluding carboxylic acids is 1. The summed E-state index contributed by atoms with van der Waals surface area (Å²) in [6, 6.07) is 10.7. The lowest BCUT2D eigenvalue weighted by atomic mass is 10.0. The molecule has 2 aromatic carbocycles. The second-order valence-electron chi connectivity index (χ2n) is 7.86. The number of hydrogen-bond donors (Lipinski definition) is 0. The van der Waals surface area contributed by atoms with Gasteiger partial charge in [0.1, 0.15) is 0 Å². The number of sulfone groups is 1. The molecular formula is C21H23ClN2O3S. The Labute approximate surface area is 170 Å². The Morgan fingerprint density at radius 3 is 2.39 bits per heavy atom. The molecule has 0 saturated carbocycles. The fourth-order valence-electron chi connectivity index (χ4n) is 4.15. The number of hydrogen-bond acceptors (Lipinski definition) is 3. The van der Waals surface area contributed by atoms with E-state index in [4.69, 9.17) is 11.6 Å². The number of carbonyl (C=O) groups is 1. The van der Waals surface area contributed by atoms with Crippen molar-refractivity contribution in [3.63, 3.8) is 0 Å². The Kier molecular flexibility index (Phi) is 4.67. The van der Waals surface area contributed by atoms with Crippen LogP contribution in [-0.4, -0.2) is 42.9 Å². The van der Waals surface area contributed by atoms with Crippen molar-refractivity contribution in [1.82, 2.24) is 4.90 Å². The number of benzene rings is 2. The predicted octanol–water partition coefficient (Wildman–Crippen LogP) is 3.87. The Bertz CT molecular complexity index is 1070. The molecule has 2 saturated heterocycles. The van der Waals surface area contributed by atoms with Crippen LogP contribution in [0, 0.1) is 20.8 Å². The van der Waals surface area contributed by atoms with Gasteiger partial charge in [-0.05, 0) is 49.6 Å². The van der Waals surface area contributed by atoms with Crippen LogP contribution in [-0.2, 0) is 16.4 Å². The quantitative estimate of drug-likeness (QED) is 0.711. The van der Waals surface area contributed by atoms with Crippen LogP contribution in [0.1, 0.15) is 22.3 Å². The van der Waals surface area contributed by atoms with Crippen LogP contribution < -0.4 is 4.90 Å². The number of fused-ring (bicyclic) bond motifs is 1. The average molecular weight is 419 g/mol. The van der Waals surface area contributed by atoms with Crippen molar-refractivity contribution in [2.24, 2.45) is 0 Å². The van der Waals surface area contributed by atoms with E-state index in [-0.39, 0.29) is 29.6 Å². The summed E-state index contributed by atoms with van der Waals surface area (Å²) in [6.07, 6.45) is 0. The van der Waals surface area contributed by atoms with Gasteiger partial charge in [0.2, 0.25) is 0 Å². The first-order valence-corrected chi connectivity index (χ1v) is 11.5. The molecule has 0 spiro atoms. The summed E-state index contributed by atoms with van der Waals surface area (Å²) in [6.45, 7) is 6.32. The van der Waals surface area contributed by atoms with E-state index in [0.717, 1.165) is 22.3 Å². The molecule has 2 heterocycles. The summed E-state index contributed by atoms with van der Waals surface area (Å²) in [4.78, 5) is 16.7. The van der Waals surface area contributed by atoms with E-state index in [9.17, 15) is 13.2 Å². The third kappa shape index (κ3) is 3.29. The van der Waals surface area contributed by atoms with Gasteiger partial charge in [0.25, 0.3) is 0 Å².